The first-order valence-electron chi connectivity index (χ1n) is 10.3. The SMILES string of the molecule is NCCC(CCn1nc2c(SCc3ccccc3)n[nH]c2cc1=O)c1ccc(Cl)c(Cl)c1. The fourth-order valence-electron chi connectivity index (χ4n) is 3.61. The Morgan fingerprint density at radius 1 is 1.06 bits per heavy atom. The van der Waals surface area contributed by atoms with Gasteiger partial charge in [0.05, 0.1) is 15.6 Å². The van der Waals surface area contributed by atoms with Crippen molar-refractivity contribution in [3.8, 4) is 0 Å². The van der Waals surface area contributed by atoms with Gasteiger partial charge in [0, 0.05) is 18.4 Å². The summed E-state index contributed by atoms with van der Waals surface area (Å²) < 4.78 is 1.51. The van der Waals surface area contributed by atoms with E-state index >= 15 is 0 Å². The van der Waals surface area contributed by atoms with Crippen molar-refractivity contribution in [2.75, 3.05) is 6.54 Å². The Kier molecular flexibility index (Phi) is 7.52. The summed E-state index contributed by atoms with van der Waals surface area (Å²) in [4.78, 5) is 12.6. The average Bonchev–Trinajstić information content (AvgIpc) is 3.19. The van der Waals surface area contributed by atoms with Crippen LogP contribution >= 0.6 is 35.0 Å². The third-order valence-corrected chi connectivity index (χ3v) is 7.09. The summed E-state index contributed by atoms with van der Waals surface area (Å²) >= 11 is 13.9. The zero-order chi connectivity index (χ0) is 22.5. The molecule has 2 aromatic carbocycles. The molecule has 0 fully saturated rings. The highest BCUT2D eigenvalue weighted by Gasteiger charge is 2.15. The van der Waals surface area contributed by atoms with E-state index in [0.29, 0.717) is 40.6 Å². The molecule has 0 amide bonds. The van der Waals surface area contributed by atoms with E-state index in [1.807, 2.05) is 30.3 Å². The van der Waals surface area contributed by atoms with Crippen LogP contribution < -0.4 is 11.3 Å². The smallest absolute Gasteiger partial charge is 0.268 e. The molecule has 1 unspecified atom stereocenters. The molecule has 4 rings (SSSR count). The topological polar surface area (TPSA) is 89.6 Å². The van der Waals surface area contributed by atoms with E-state index in [2.05, 4.69) is 27.4 Å². The number of hydrogen-bond acceptors (Lipinski definition) is 5. The number of nitrogens with two attached hydrogens (primary N) is 1. The maximum atomic E-state index is 12.6. The Labute approximate surface area is 200 Å². The number of nitrogens with zero attached hydrogens (tertiary/aromatic N) is 3. The molecule has 0 radical (unpaired) electrons. The second kappa shape index (κ2) is 10.5. The number of benzene rings is 2. The van der Waals surface area contributed by atoms with Gasteiger partial charge in [-0.15, -0.1) is 0 Å². The highest BCUT2D eigenvalue weighted by molar-refractivity contribution is 7.98. The largest absolute Gasteiger partial charge is 0.330 e. The molecule has 0 aliphatic carbocycles. The lowest BCUT2D eigenvalue weighted by Gasteiger charge is -2.17. The molecule has 2 heterocycles. The van der Waals surface area contributed by atoms with Crippen LogP contribution in [0.1, 0.15) is 29.9 Å². The van der Waals surface area contributed by atoms with Crippen LogP contribution in [0.4, 0.5) is 0 Å². The Morgan fingerprint density at radius 2 is 1.88 bits per heavy atom. The lowest BCUT2D eigenvalue weighted by molar-refractivity contribution is 0.484. The number of aryl methyl sites for hydroxylation is 1. The molecule has 1 atom stereocenters. The summed E-state index contributed by atoms with van der Waals surface area (Å²) in [5, 5.41) is 13.7. The van der Waals surface area contributed by atoms with Crippen LogP contribution in [0, 0.1) is 0 Å². The molecule has 6 nitrogen and oxygen atoms in total. The lowest BCUT2D eigenvalue weighted by Crippen LogP contribution is -2.23. The molecule has 0 saturated heterocycles. The molecule has 0 bridgehead atoms. The van der Waals surface area contributed by atoms with Gasteiger partial charge >= 0.3 is 0 Å². The minimum Gasteiger partial charge on any atom is -0.330 e. The van der Waals surface area contributed by atoms with E-state index in [1.165, 1.54) is 10.2 Å². The average molecular weight is 488 g/mol. The normalized spacial score (nSPS) is 12.3. The summed E-state index contributed by atoms with van der Waals surface area (Å²) in [6, 6.07) is 17.4. The monoisotopic (exact) mass is 487 g/mol. The summed E-state index contributed by atoms with van der Waals surface area (Å²) in [7, 11) is 0. The minimum absolute atomic E-state index is 0.149. The molecule has 4 aromatic rings. The first kappa shape index (κ1) is 22.9. The van der Waals surface area contributed by atoms with Crippen LogP contribution in [0.25, 0.3) is 11.0 Å². The third-order valence-electron chi connectivity index (χ3n) is 5.32. The zero-order valence-corrected chi connectivity index (χ0v) is 19.6. The van der Waals surface area contributed by atoms with Crippen molar-refractivity contribution in [1.82, 2.24) is 20.0 Å². The molecular formula is C23H23Cl2N5OS. The summed E-state index contributed by atoms with van der Waals surface area (Å²) in [6.07, 6.45) is 1.48. The van der Waals surface area contributed by atoms with Crippen LogP contribution in [0.3, 0.4) is 0 Å². The first-order chi connectivity index (χ1) is 15.5. The van der Waals surface area contributed by atoms with E-state index in [1.54, 1.807) is 23.9 Å². The number of rotatable bonds is 9. The number of H-pyrrole nitrogens is 1. The predicted molar refractivity (Wildman–Crippen MR) is 132 cm³/mol. The van der Waals surface area contributed by atoms with Gasteiger partial charge in [0.2, 0.25) is 0 Å². The van der Waals surface area contributed by atoms with Gasteiger partial charge in [-0.1, -0.05) is 71.4 Å². The van der Waals surface area contributed by atoms with Crippen molar-refractivity contribution >= 4 is 46.0 Å². The molecule has 2 aromatic heterocycles. The van der Waals surface area contributed by atoms with Gasteiger partial charge in [-0.3, -0.25) is 9.89 Å². The van der Waals surface area contributed by atoms with Gasteiger partial charge in [-0.2, -0.15) is 10.2 Å². The van der Waals surface area contributed by atoms with E-state index in [-0.39, 0.29) is 11.5 Å². The molecule has 3 N–H and O–H groups in total. The van der Waals surface area contributed by atoms with Gasteiger partial charge in [-0.05, 0) is 48.6 Å². The van der Waals surface area contributed by atoms with Crippen molar-refractivity contribution in [2.24, 2.45) is 5.73 Å². The molecule has 0 aliphatic heterocycles. The fraction of sp³-hybridized carbons (Fsp3) is 0.261. The van der Waals surface area contributed by atoms with E-state index in [9.17, 15) is 4.79 Å². The molecule has 9 heteroatoms. The minimum atomic E-state index is -0.165. The summed E-state index contributed by atoms with van der Waals surface area (Å²) in [5.74, 6) is 0.924. The number of aromatic nitrogens is 4. The Balaban J connectivity index is 1.53. The Hall–Kier alpha value is -2.32. The molecule has 0 saturated carbocycles. The second-order valence-electron chi connectivity index (χ2n) is 7.51. The van der Waals surface area contributed by atoms with Crippen LogP contribution in [0.5, 0.6) is 0 Å². The highest BCUT2D eigenvalue weighted by Crippen LogP contribution is 2.30. The van der Waals surface area contributed by atoms with Crippen LogP contribution in [-0.2, 0) is 12.3 Å². The number of thioether (sulfide) groups is 1. The Morgan fingerprint density at radius 3 is 2.62 bits per heavy atom. The Bertz CT molecular complexity index is 1260. The zero-order valence-electron chi connectivity index (χ0n) is 17.3. The predicted octanol–water partition coefficient (Wildman–Crippen LogP) is 5.24. The number of hydrogen-bond donors (Lipinski definition) is 2. The maximum Gasteiger partial charge on any atom is 0.268 e. The third kappa shape index (κ3) is 5.35. The number of aromatic amines is 1. The van der Waals surface area contributed by atoms with Gasteiger partial charge in [0.1, 0.15) is 10.5 Å². The van der Waals surface area contributed by atoms with Gasteiger partial charge in [0.15, 0.2) is 0 Å². The maximum absolute atomic E-state index is 12.6. The lowest BCUT2D eigenvalue weighted by atomic mass is 9.92. The van der Waals surface area contributed by atoms with Gasteiger partial charge in [-0.25, -0.2) is 4.68 Å². The van der Waals surface area contributed by atoms with Crippen LogP contribution in [0.15, 0.2) is 64.4 Å². The van der Waals surface area contributed by atoms with Crippen molar-refractivity contribution in [2.45, 2.75) is 36.1 Å². The molecule has 166 valence electrons. The molecule has 0 spiro atoms. The summed E-state index contributed by atoms with van der Waals surface area (Å²) in [6.45, 7) is 1.00. The molecular weight excluding hydrogens is 465 g/mol. The van der Waals surface area contributed by atoms with E-state index in [4.69, 9.17) is 28.9 Å². The van der Waals surface area contributed by atoms with Gasteiger partial charge < -0.3 is 5.73 Å². The van der Waals surface area contributed by atoms with E-state index in [0.717, 1.165) is 22.8 Å². The van der Waals surface area contributed by atoms with Crippen LogP contribution in [-0.4, -0.2) is 26.5 Å². The first-order valence-corrected chi connectivity index (χ1v) is 12.1. The molecule has 32 heavy (non-hydrogen) atoms. The number of halogens is 2. The van der Waals surface area contributed by atoms with Crippen molar-refractivity contribution < 1.29 is 0 Å². The highest BCUT2D eigenvalue weighted by atomic mass is 35.5. The number of fused-ring (bicyclic) bond motifs is 1. The van der Waals surface area contributed by atoms with Crippen LogP contribution in [0.2, 0.25) is 10.0 Å². The molecule has 0 aliphatic rings. The van der Waals surface area contributed by atoms with Crippen molar-refractivity contribution in [3.63, 3.8) is 0 Å². The number of nitrogens with one attached hydrogen (secondary N) is 1. The van der Waals surface area contributed by atoms with Crippen molar-refractivity contribution in [3.05, 3.63) is 86.1 Å². The quantitative estimate of drug-likeness (QED) is 0.315. The van der Waals surface area contributed by atoms with Crippen molar-refractivity contribution in [1.29, 1.82) is 0 Å². The fourth-order valence-corrected chi connectivity index (χ4v) is 4.81. The van der Waals surface area contributed by atoms with E-state index < -0.39 is 0 Å². The standard InChI is InChI=1S/C23H23Cl2N5OS/c24-18-7-6-17(12-19(18)25)16(8-10-26)9-11-30-21(31)13-20-22(29-30)23(28-27-20)32-14-15-4-2-1-3-5-15/h1-7,12-13,16,27H,8-11,14,26H2. The second-order valence-corrected chi connectivity index (χ2v) is 9.29. The summed E-state index contributed by atoms with van der Waals surface area (Å²) in [5.41, 5.74) is 9.28. The van der Waals surface area contributed by atoms with Gasteiger partial charge in [0.25, 0.3) is 5.56 Å².